The van der Waals surface area contributed by atoms with Crippen molar-refractivity contribution in [2.75, 3.05) is 0 Å². The Hall–Kier alpha value is -1.06. The zero-order valence-electron chi connectivity index (χ0n) is 9.29. The first kappa shape index (κ1) is 11.4. The maximum Gasteiger partial charge on any atom is 0.356 e. The number of carbonyl (C=O) groups excluding carboxylic acids is 2. The number of hydrogen-bond donors (Lipinski definition) is 0. The van der Waals surface area contributed by atoms with Crippen LogP contribution in [-0.4, -0.2) is 11.9 Å². The first-order valence-corrected chi connectivity index (χ1v) is 5.93. The van der Waals surface area contributed by atoms with Gasteiger partial charge in [-0.15, -0.1) is 0 Å². The van der Waals surface area contributed by atoms with Crippen molar-refractivity contribution >= 4 is 11.9 Å². The molecule has 0 bridgehead atoms. The summed E-state index contributed by atoms with van der Waals surface area (Å²) in [5.41, 5.74) is 0. The molecule has 88 valence electrons. The minimum atomic E-state index is -0.119. The van der Waals surface area contributed by atoms with Crippen molar-refractivity contribution in [1.29, 1.82) is 0 Å². The Morgan fingerprint density at radius 1 is 0.625 bits per heavy atom. The number of epoxide rings is 2. The molecule has 2 saturated heterocycles. The number of carbonyl (C=O) groups is 2. The fourth-order valence-corrected chi connectivity index (χ4v) is 1.76. The van der Waals surface area contributed by atoms with Crippen LogP contribution in [0.5, 0.6) is 0 Å². The fourth-order valence-electron chi connectivity index (χ4n) is 1.76. The molecule has 0 aromatic heterocycles. The summed E-state index contributed by atoms with van der Waals surface area (Å²) in [5, 5.41) is 0. The average Bonchev–Trinajstić information content (AvgIpc) is 3.13. The lowest BCUT2D eigenvalue weighted by molar-refractivity contribution is -0.118. The summed E-state index contributed by atoms with van der Waals surface area (Å²) >= 11 is 0. The zero-order valence-corrected chi connectivity index (χ0v) is 9.29. The molecule has 2 rings (SSSR count). The van der Waals surface area contributed by atoms with Crippen molar-refractivity contribution in [1.82, 2.24) is 0 Å². The molecule has 0 aromatic carbocycles. The zero-order chi connectivity index (χ0) is 11.4. The summed E-state index contributed by atoms with van der Waals surface area (Å²) in [6.07, 6.45) is 9.66. The van der Waals surface area contributed by atoms with Crippen LogP contribution >= 0.6 is 0 Å². The van der Waals surface area contributed by atoms with Gasteiger partial charge in [0.15, 0.2) is 0 Å². The number of cyclic esters (lactones) is 2. The van der Waals surface area contributed by atoms with E-state index in [4.69, 9.17) is 0 Å². The van der Waals surface area contributed by atoms with Gasteiger partial charge in [0, 0.05) is 12.8 Å². The van der Waals surface area contributed by atoms with Gasteiger partial charge in [0.1, 0.15) is 0 Å². The Morgan fingerprint density at radius 3 is 1.25 bits per heavy atom. The van der Waals surface area contributed by atoms with Crippen molar-refractivity contribution in [2.24, 2.45) is 0 Å². The molecule has 0 spiro atoms. The molecule has 0 aliphatic carbocycles. The van der Waals surface area contributed by atoms with E-state index in [9.17, 15) is 9.59 Å². The molecule has 2 fully saturated rings. The summed E-state index contributed by atoms with van der Waals surface area (Å²) in [6, 6.07) is 0. The highest BCUT2D eigenvalue weighted by Crippen LogP contribution is 2.29. The highest BCUT2D eigenvalue weighted by atomic mass is 16.6. The first-order chi connectivity index (χ1) is 7.77. The second-order valence-corrected chi connectivity index (χ2v) is 4.25. The molecule has 16 heavy (non-hydrogen) atoms. The van der Waals surface area contributed by atoms with Gasteiger partial charge in [0.25, 0.3) is 12.2 Å². The molecule has 2 aliphatic heterocycles. The van der Waals surface area contributed by atoms with Crippen LogP contribution in [0.3, 0.4) is 0 Å². The third-order valence-corrected chi connectivity index (χ3v) is 2.86. The van der Waals surface area contributed by atoms with Crippen LogP contribution in [-0.2, 0) is 19.1 Å². The summed E-state index contributed by atoms with van der Waals surface area (Å²) in [7, 11) is 0. The molecule has 4 heteroatoms. The van der Waals surface area contributed by atoms with E-state index in [1.807, 2.05) is 0 Å². The van der Waals surface area contributed by atoms with Crippen molar-refractivity contribution in [2.45, 2.75) is 51.4 Å². The summed E-state index contributed by atoms with van der Waals surface area (Å²) in [5.74, 6) is -0.239. The predicted molar refractivity (Wildman–Crippen MR) is 55.6 cm³/mol. The molecule has 0 amide bonds. The molecule has 0 unspecified atom stereocenters. The standard InChI is InChI=1S/C12H16O4/c13-11-9(15-11)7-5-3-1-2-4-6-8-10-12(14)16-10/h1-8H2. The topological polar surface area (TPSA) is 59.2 Å². The largest absolute Gasteiger partial charge is 0.439 e. The summed E-state index contributed by atoms with van der Waals surface area (Å²) in [4.78, 5) is 21.0. The van der Waals surface area contributed by atoms with E-state index in [0.717, 1.165) is 38.5 Å². The highest BCUT2D eigenvalue weighted by molar-refractivity contribution is 5.96. The van der Waals surface area contributed by atoms with Gasteiger partial charge in [-0.2, -0.15) is 0 Å². The summed E-state index contributed by atoms with van der Waals surface area (Å²) < 4.78 is 9.27. The van der Waals surface area contributed by atoms with Crippen molar-refractivity contribution in [3.8, 4) is 0 Å². The number of rotatable bonds is 9. The molecule has 0 aromatic rings. The normalized spacial score (nSPS) is 19.5. The van der Waals surface area contributed by atoms with Crippen LogP contribution in [0.2, 0.25) is 0 Å². The van der Waals surface area contributed by atoms with Crippen molar-refractivity contribution in [3.63, 3.8) is 0 Å². The Bertz CT molecular complexity index is 246. The smallest absolute Gasteiger partial charge is 0.356 e. The molecule has 2 radical (unpaired) electrons. The lowest BCUT2D eigenvalue weighted by Gasteiger charge is -1.98. The molecule has 2 aliphatic rings. The van der Waals surface area contributed by atoms with Crippen LogP contribution in [0.1, 0.15) is 51.4 Å². The van der Waals surface area contributed by atoms with Crippen molar-refractivity contribution < 1.29 is 19.1 Å². The lowest BCUT2D eigenvalue weighted by Crippen LogP contribution is -1.84. The quantitative estimate of drug-likeness (QED) is 0.445. The Labute approximate surface area is 95.3 Å². The Balaban J connectivity index is 1.30. The molecule has 0 N–H and O–H groups in total. The van der Waals surface area contributed by atoms with Gasteiger partial charge >= 0.3 is 11.9 Å². The van der Waals surface area contributed by atoms with E-state index in [0.29, 0.717) is 12.2 Å². The second kappa shape index (κ2) is 5.32. The average molecular weight is 224 g/mol. The fraction of sp³-hybridized carbons (Fsp3) is 0.667. The lowest BCUT2D eigenvalue weighted by atomic mass is 10.1. The van der Waals surface area contributed by atoms with Gasteiger partial charge in [-0.3, -0.25) is 0 Å². The molecule has 2 heterocycles. The van der Waals surface area contributed by atoms with Gasteiger partial charge in [-0.05, 0) is 12.8 Å². The highest BCUT2D eigenvalue weighted by Gasteiger charge is 2.39. The van der Waals surface area contributed by atoms with Crippen LogP contribution in [0.25, 0.3) is 0 Å². The van der Waals surface area contributed by atoms with E-state index in [1.165, 1.54) is 12.8 Å². The molecule has 0 atom stereocenters. The summed E-state index contributed by atoms with van der Waals surface area (Å²) in [6.45, 7) is 0. The van der Waals surface area contributed by atoms with E-state index in [-0.39, 0.29) is 11.9 Å². The van der Waals surface area contributed by atoms with Gasteiger partial charge in [-0.25, -0.2) is 9.59 Å². The van der Waals surface area contributed by atoms with Gasteiger partial charge in [0.05, 0.1) is 0 Å². The van der Waals surface area contributed by atoms with Crippen molar-refractivity contribution in [3.05, 3.63) is 12.2 Å². The monoisotopic (exact) mass is 224 g/mol. The third-order valence-electron chi connectivity index (χ3n) is 2.86. The molecular formula is C12H16O4. The van der Waals surface area contributed by atoms with Gasteiger partial charge in [0.2, 0.25) is 0 Å². The SMILES string of the molecule is O=C1O[C]1CCCCCCCC[C]1OC1=O. The van der Waals surface area contributed by atoms with Gasteiger partial charge < -0.3 is 9.47 Å². The number of ether oxygens (including phenoxy) is 2. The Kier molecular flexibility index (Phi) is 3.80. The number of hydrogen-bond acceptors (Lipinski definition) is 4. The predicted octanol–water partition coefficient (Wildman–Crippen LogP) is 2.28. The number of unbranched alkanes of at least 4 members (excludes halogenated alkanes) is 5. The van der Waals surface area contributed by atoms with E-state index >= 15 is 0 Å². The van der Waals surface area contributed by atoms with E-state index in [2.05, 4.69) is 9.47 Å². The van der Waals surface area contributed by atoms with Crippen LogP contribution in [0.4, 0.5) is 0 Å². The molecule has 0 saturated carbocycles. The van der Waals surface area contributed by atoms with Crippen LogP contribution in [0, 0.1) is 12.2 Å². The third kappa shape index (κ3) is 3.83. The maximum absolute atomic E-state index is 10.5. The van der Waals surface area contributed by atoms with E-state index < -0.39 is 0 Å². The van der Waals surface area contributed by atoms with E-state index in [1.54, 1.807) is 0 Å². The Morgan fingerprint density at radius 2 is 0.938 bits per heavy atom. The van der Waals surface area contributed by atoms with Gasteiger partial charge in [-0.1, -0.05) is 25.7 Å². The minimum absolute atomic E-state index is 0.119. The molecular weight excluding hydrogens is 208 g/mol. The molecule has 4 nitrogen and oxygen atoms in total. The minimum Gasteiger partial charge on any atom is -0.439 e. The maximum atomic E-state index is 10.5. The second-order valence-electron chi connectivity index (χ2n) is 4.25. The first-order valence-electron chi connectivity index (χ1n) is 5.93. The van der Waals surface area contributed by atoms with Crippen LogP contribution in [0.15, 0.2) is 0 Å². The van der Waals surface area contributed by atoms with Crippen LogP contribution < -0.4 is 0 Å².